The predicted octanol–water partition coefficient (Wildman–Crippen LogP) is 3.35. The van der Waals surface area contributed by atoms with E-state index in [0.717, 1.165) is 25.7 Å². The molecular weight excluding hydrogens is 210 g/mol. The first kappa shape index (κ1) is 12.4. The van der Waals surface area contributed by atoms with E-state index < -0.39 is 0 Å². The van der Waals surface area contributed by atoms with E-state index in [1.807, 2.05) is 0 Å². The molecule has 0 saturated heterocycles. The number of hydrogen-bond acceptors (Lipinski definition) is 1. The Kier molecular flexibility index (Phi) is 4.84. The van der Waals surface area contributed by atoms with Gasteiger partial charge in [-0.05, 0) is 44.1 Å². The van der Waals surface area contributed by atoms with Crippen molar-refractivity contribution >= 4 is 5.91 Å². The molecule has 1 saturated carbocycles. The minimum Gasteiger partial charge on any atom is -0.350 e. The molecule has 0 heterocycles. The Morgan fingerprint density at radius 3 is 2.65 bits per heavy atom. The average Bonchev–Trinajstić information content (AvgIpc) is 2.39. The van der Waals surface area contributed by atoms with Gasteiger partial charge in [-0.3, -0.25) is 4.79 Å². The van der Waals surface area contributed by atoms with Crippen molar-refractivity contribution < 1.29 is 4.79 Å². The number of amides is 1. The normalized spacial score (nSPS) is 26.2. The third-order valence-electron chi connectivity index (χ3n) is 3.78. The van der Waals surface area contributed by atoms with Crippen LogP contribution in [0.4, 0.5) is 0 Å². The molecule has 2 heteroatoms. The lowest BCUT2D eigenvalue weighted by Crippen LogP contribution is -2.35. The molecule has 2 aliphatic carbocycles. The highest BCUT2D eigenvalue weighted by molar-refractivity contribution is 5.87. The van der Waals surface area contributed by atoms with Gasteiger partial charge in [0.1, 0.15) is 0 Å². The van der Waals surface area contributed by atoms with Crippen LogP contribution >= 0.6 is 0 Å². The molecule has 1 atom stereocenters. The second-order valence-corrected chi connectivity index (χ2v) is 5.25. The third-order valence-corrected chi connectivity index (χ3v) is 3.78. The maximum atomic E-state index is 11.7. The molecule has 17 heavy (non-hydrogen) atoms. The van der Waals surface area contributed by atoms with Crippen molar-refractivity contribution in [1.82, 2.24) is 5.32 Å². The fourth-order valence-corrected chi connectivity index (χ4v) is 2.71. The van der Waals surface area contributed by atoms with E-state index in [-0.39, 0.29) is 5.91 Å². The van der Waals surface area contributed by atoms with Crippen LogP contribution in [0, 0.1) is 5.92 Å². The van der Waals surface area contributed by atoms with E-state index in [4.69, 9.17) is 0 Å². The monoisotopic (exact) mass is 233 g/mol. The van der Waals surface area contributed by atoms with Crippen LogP contribution in [-0.2, 0) is 4.79 Å². The van der Waals surface area contributed by atoms with Crippen LogP contribution in [0.15, 0.2) is 24.3 Å². The Labute approximate surface area is 104 Å². The SMILES string of the molecule is O=C(/C=C/[C@@H]1CC=CCC1)NC1CCCCC1. The molecule has 1 fully saturated rings. The van der Waals surface area contributed by atoms with E-state index in [1.165, 1.54) is 25.7 Å². The summed E-state index contributed by atoms with van der Waals surface area (Å²) in [6, 6.07) is 0.423. The highest BCUT2D eigenvalue weighted by Crippen LogP contribution is 2.19. The molecule has 2 nitrogen and oxygen atoms in total. The van der Waals surface area contributed by atoms with Gasteiger partial charge < -0.3 is 5.32 Å². The van der Waals surface area contributed by atoms with E-state index in [9.17, 15) is 4.79 Å². The standard InChI is InChI=1S/C15H23NO/c17-15(16-14-9-5-2-6-10-14)12-11-13-7-3-1-4-8-13/h1,3,11-14H,2,4-10H2,(H,16,17)/b12-11+/t13-/m1/s1. The molecule has 1 N–H and O–H groups in total. The molecule has 0 aromatic carbocycles. The van der Waals surface area contributed by atoms with Crippen LogP contribution in [0.25, 0.3) is 0 Å². The third kappa shape index (κ3) is 4.37. The van der Waals surface area contributed by atoms with Crippen molar-refractivity contribution in [1.29, 1.82) is 0 Å². The van der Waals surface area contributed by atoms with Crippen molar-refractivity contribution in [2.45, 2.75) is 57.4 Å². The Morgan fingerprint density at radius 1 is 1.12 bits per heavy atom. The fourth-order valence-electron chi connectivity index (χ4n) is 2.71. The topological polar surface area (TPSA) is 29.1 Å². The van der Waals surface area contributed by atoms with Crippen molar-refractivity contribution in [2.75, 3.05) is 0 Å². The van der Waals surface area contributed by atoms with Crippen molar-refractivity contribution in [3.8, 4) is 0 Å². The van der Waals surface area contributed by atoms with Crippen molar-refractivity contribution in [2.24, 2.45) is 5.92 Å². The minimum absolute atomic E-state index is 0.103. The van der Waals surface area contributed by atoms with Gasteiger partial charge in [0, 0.05) is 6.04 Å². The smallest absolute Gasteiger partial charge is 0.243 e. The largest absolute Gasteiger partial charge is 0.350 e. The Balaban J connectivity index is 1.72. The summed E-state index contributed by atoms with van der Waals surface area (Å²) in [5.74, 6) is 0.670. The lowest BCUT2D eigenvalue weighted by molar-refractivity contribution is -0.117. The van der Waals surface area contributed by atoms with E-state index in [2.05, 4.69) is 23.5 Å². The maximum absolute atomic E-state index is 11.7. The number of carbonyl (C=O) groups is 1. The van der Waals surface area contributed by atoms with Gasteiger partial charge >= 0.3 is 0 Å². The molecule has 0 aromatic heterocycles. The molecule has 1 amide bonds. The van der Waals surface area contributed by atoms with Crippen LogP contribution in [0.3, 0.4) is 0 Å². The van der Waals surface area contributed by atoms with E-state index >= 15 is 0 Å². The number of rotatable bonds is 3. The molecule has 0 spiro atoms. The summed E-state index contributed by atoms with van der Waals surface area (Å²) in [5.41, 5.74) is 0. The molecule has 0 aliphatic heterocycles. The predicted molar refractivity (Wildman–Crippen MR) is 70.6 cm³/mol. The van der Waals surface area contributed by atoms with Gasteiger partial charge in [0.25, 0.3) is 0 Å². The Hall–Kier alpha value is -1.05. The van der Waals surface area contributed by atoms with Crippen LogP contribution in [-0.4, -0.2) is 11.9 Å². The summed E-state index contributed by atoms with van der Waals surface area (Å²) in [6.45, 7) is 0. The van der Waals surface area contributed by atoms with Gasteiger partial charge in [-0.2, -0.15) is 0 Å². The first-order chi connectivity index (χ1) is 8.34. The average molecular weight is 233 g/mol. The molecular formula is C15H23NO. The first-order valence-electron chi connectivity index (χ1n) is 6.98. The number of allylic oxidation sites excluding steroid dienone is 3. The summed E-state index contributed by atoms with van der Waals surface area (Å²) in [5, 5.41) is 3.11. The fraction of sp³-hybridized carbons (Fsp3) is 0.667. The lowest BCUT2D eigenvalue weighted by Gasteiger charge is -2.22. The summed E-state index contributed by atoms with van der Waals surface area (Å²) in [6.07, 6.45) is 17.9. The molecule has 2 rings (SSSR count). The van der Waals surface area contributed by atoms with Crippen molar-refractivity contribution in [3.05, 3.63) is 24.3 Å². The summed E-state index contributed by atoms with van der Waals surface area (Å²) in [4.78, 5) is 11.7. The van der Waals surface area contributed by atoms with Crippen LogP contribution in [0.5, 0.6) is 0 Å². The second-order valence-electron chi connectivity index (χ2n) is 5.25. The van der Waals surface area contributed by atoms with Gasteiger partial charge in [0.15, 0.2) is 0 Å². The maximum Gasteiger partial charge on any atom is 0.243 e. The summed E-state index contributed by atoms with van der Waals surface area (Å²) < 4.78 is 0. The highest BCUT2D eigenvalue weighted by atomic mass is 16.1. The lowest BCUT2D eigenvalue weighted by atomic mass is 9.94. The summed E-state index contributed by atoms with van der Waals surface area (Å²) >= 11 is 0. The Bertz CT molecular complexity index is 300. The molecule has 0 unspecified atom stereocenters. The zero-order chi connectivity index (χ0) is 11.9. The van der Waals surface area contributed by atoms with Gasteiger partial charge in [-0.25, -0.2) is 0 Å². The van der Waals surface area contributed by atoms with Crippen LogP contribution < -0.4 is 5.32 Å². The Morgan fingerprint density at radius 2 is 1.94 bits per heavy atom. The first-order valence-corrected chi connectivity index (χ1v) is 6.98. The van der Waals surface area contributed by atoms with Crippen molar-refractivity contribution in [3.63, 3.8) is 0 Å². The van der Waals surface area contributed by atoms with Gasteiger partial charge in [-0.1, -0.05) is 37.5 Å². The zero-order valence-electron chi connectivity index (χ0n) is 10.5. The van der Waals surface area contributed by atoms with E-state index in [0.29, 0.717) is 12.0 Å². The number of nitrogens with one attached hydrogen (secondary N) is 1. The van der Waals surface area contributed by atoms with E-state index in [1.54, 1.807) is 6.08 Å². The van der Waals surface area contributed by atoms with Gasteiger partial charge in [-0.15, -0.1) is 0 Å². The summed E-state index contributed by atoms with van der Waals surface area (Å²) in [7, 11) is 0. The molecule has 0 bridgehead atoms. The van der Waals surface area contributed by atoms with Gasteiger partial charge in [0.2, 0.25) is 5.91 Å². The zero-order valence-corrected chi connectivity index (χ0v) is 10.5. The second kappa shape index (κ2) is 6.63. The minimum atomic E-state index is 0.103. The number of hydrogen-bond donors (Lipinski definition) is 1. The highest BCUT2D eigenvalue weighted by Gasteiger charge is 2.14. The molecule has 0 radical (unpaired) electrons. The van der Waals surface area contributed by atoms with Crippen LogP contribution in [0.2, 0.25) is 0 Å². The number of carbonyl (C=O) groups excluding carboxylic acids is 1. The van der Waals surface area contributed by atoms with Crippen LogP contribution in [0.1, 0.15) is 51.4 Å². The molecule has 2 aliphatic rings. The quantitative estimate of drug-likeness (QED) is 0.588. The molecule has 0 aromatic rings. The van der Waals surface area contributed by atoms with Gasteiger partial charge in [0.05, 0.1) is 0 Å². The molecule has 94 valence electrons.